The van der Waals surface area contributed by atoms with Crippen molar-refractivity contribution in [2.75, 3.05) is 5.88 Å². The van der Waals surface area contributed by atoms with E-state index in [1.54, 1.807) is 24.3 Å². The van der Waals surface area contributed by atoms with Crippen LogP contribution in [0.3, 0.4) is 0 Å². The highest BCUT2D eigenvalue weighted by Gasteiger charge is 2.10. The molecule has 1 aromatic rings. The van der Waals surface area contributed by atoms with Gasteiger partial charge in [0.25, 0.3) is 0 Å². The van der Waals surface area contributed by atoms with Crippen molar-refractivity contribution in [1.82, 2.24) is 4.98 Å². The third-order valence-corrected chi connectivity index (χ3v) is 1.55. The molecule has 0 N–H and O–H groups in total. The number of nitro groups is 1. The highest BCUT2D eigenvalue weighted by molar-refractivity contribution is 6.19. The summed E-state index contributed by atoms with van der Waals surface area (Å²) in [5, 5.41) is 10.5. The van der Waals surface area contributed by atoms with Crippen LogP contribution < -0.4 is 0 Å². The quantitative estimate of drug-likeness (QED) is 0.425. The predicted molar refractivity (Wildman–Crippen MR) is 50.6 cm³/mol. The highest BCUT2D eigenvalue weighted by Crippen LogP contribution is 2.15. The van der Waals surface area contributed by atoms with Gasteiger partial charge in [-0.15, -0.1) is 11.6 Å². The first kappa shape index (κ1) is 9.67. The largest absolute Gasteiger partial charge is 0.370 e. The molecule has 13 heavy (non-hydrogen) atoms. The van der Waals surface area contributed by atoms with Crippen LogP contribution >= 0.6 is 11.6 Å². The third-order valence-electron chi connectivity index (χ3n) is 1.38. The Hall–Kier alpha value is -1.42. The number of allylic oxidation sites excluding steroid dienone is 1. The van der Waals surface area contributed by atoms with Crippen LogP contribution in [-0.4, -0.2) is 15.8 Å². The van der Waals surface area contributed by atoms with E-state index in [-0.39, 0.29) is 5.82 Å². The number of nitrogens with zero attached hydrogens (tertiary/aromatic N) is 2. The molecule has 0 spiro atoms. The predicted octanol–water partition coefficient (Wildman–Crippen LogP) is 2.24. The van der Waals surface area contributed by atoms with E-state index in [2.05, 4.69) is 4.98 Å². The van der Waals surface area contributed by atoms with E-state index >= 15 is 0 Å². The van der Waals surface area contributed by atoms with Gasteiger partial charge in [-0.1, -0.05) is 6.08 Å². The van der Waals surface area contributed by atoms with Crippen molar-refractivity contribution >= 4 is 23.5 Å². The normalized spacial score (nSPS) is 10.5. The average molecular weight is 199 g/mol. The summed E-state index contributed by atoms with van der Waals surface area (Å²) in [6.07, 6.45) is 4.60. The maximum Gasteiger partial charge on any atom is 0.370 e. The molecule has 0 atom stereocenters. The summed E-state index contributed by atoms with van der Waals surface area (Å²) in [6, 6.07) is 3.26. The second-order valence-corrected chi connectivity index (χ2v) is 2.54. The highest BCUT2D eigenvalue weighted by atomic mass is 35.5. The molecule has 0 unspecified atom stereocenters. The molecule has 1 rings (SSSR count). The number of halogens is 1. The summed E-state index contributed by atoms with van der Waals surface area (Å²) in [7, 11) is 0. The molecule has 1 heterocycles. The molecular formula is C8H7ClN2O2. The first-order valence-corrected chi connectivity index (χ1v) is 4.11. The van der Waals surface area contributed by atoms with E-state index in [9.17, 15) is 10.1 Å². The van der Waals surface area contributed by atoms with E-state index in [0.717, 1.165) is 0 Å². The molecule has 0 fully saturated rings. The lowest BCUT2D eigenvalue weighted by Gasteiger charge is -1.94. The van der Waals surface area contributed by atoms with Crippen molar-refractivity contribution < 1.29 is 4.92 Å². The Morgan fingerprint density at radius 2 is 2.46 bits per heavy atom. The number of hydrogen-bond donors (Lipinski definition) is 0. The zero-order valence-electron chi connectivity index (χ0n) is 6.68. The molecule has 0 saturated heterocycles. The van der Waals surface area contributed by atoms with Crippen LogP contribution in [0.4, 0.5) is 5.82 Å². The van der Waals surface area contributed by atoms with Crippen LogP contribution in [0.5, 0.6) is 0 Å². The Kier molecular flexibility index (Phi) is 3.40. The first-order valence-electron chi connectivity index (χ1n) is 3.57. The standard InChI is InChI=1S/C8H7ClN2O2/c9-5-1-3-7-4-2-6-10-8(7)11(12)13/h1-4,6H,5H2. The van der Waals surface area contributed by atoms with Gasteiger partial charge in [0.1, 0.15) is 6.20 Å². The molecule has 0 bridgehead atoms. The number of alkyl halides is 1. The van der Waals surface area contributed by atoms with Crippen molar-refractivity contribution in [1.29, 1.82) is 0 Å². The average Bonchev–Trinajstić information content (AvgIpc) is 2.15. The van der Waals surface area contributed by atoms with Gasteiger partial charge in [0, 0.05) is 5.88 Å². The van der Waals surface area contributed by atoms with Gasteiger partial charge in [0.05, 0.1) is 5.56 Å². The Morgan fingerprint density at radius 3 is 3.08 bits per heavy atom. The molecule has 0 aromatic carbocycles. The van der Waals surface area contributed by atoms with Crippen LogP contribution in [0.15, 0.2) is 24.4 Å². The van der Waals surface area contributed by atoms with Crippen molar-refractivity contribution in [2.24, 2.45) is 0 Å². The lowest BCUT2D eigenvalue weighted by molar-refractivity contribution is -0.389. The molecule has 5 heteroatoms. The molecule has 0 amide bonds. The van der Waals surface area contributed by atoms with Gasteiger partial charge in [-0.2, -0.15) is 0 Å². The van der Waals surface area contributed by atoms with E-state index in [4.69, 9.17) is 11.6 Å². The minimum absolute atomic E-state index is 0.149. The molecule has 68 valence electrons. The molecular weight excluding hydrogens is 192 g/mol. The second-order valence-electron chi connectivity index (χ2n) is 2.23. The van der Waals surface area contributed by atoms with Crippen LogP contribution in [0, 0.1) is 10.1 Å². The van der Waals surface area contributed by atoms with Gasteiger partial charge in [-0.05, 0) is 28.1 Å². The minimum atomic E-state index is -0.520. The topological polar surface area (TPSA) is 56.0 Å². The Bertz CT molecular complexity index is 339. The molecule has 4 nitrogen and oxygen atoms in total. The van der Waals surface area contributed by atoms with Gasteiger partial charge in [0.2, 0.25) is 0 Å². The molecule has 0 radical (unpaired) electrons. The van der Waals surface area contributed by atoms with E-state index in [1.807, 2.05) is 0 Å². The van der Waals surface area contributed by atoms with Crippen molar-refractivity contribution in [3.8, 4) is 0 Å². The zero-order valence-corrected chi connectivity index (χ0v) is 7.44. The molecule has 0 saturated carbocycles. The number of hydrogen-bond acceptors (Lipinski definition) is 3. The molecule has 0 aliphatic carbocycles. The Morgan fingerprint density at radius 1 is 1.69 bits per heavy atom. The van der Waals surface area contributed by atoms with Gasteiger partial charge in [-0.3, -0.25) is 0 Å². The lowest BCUT2D eigenvalue weighted by atomic mass is 10.2. The second kappa shape index (κ2) is 4.57. The molecule has 0 aliphatic heterocycles. The van der Waals surface area contributed by atoms with E-state index < -0.39 is 4.92 Å². The van der Waals surface area contributed by atoms with Crippen LogP contribution in [0.2, 0.25) is 0 Å². The Balaban J connectivity index is 3.05. The summed E-state index contributed by atoms with van der Waals surface area (Å²) in [6.45, 7) is 0. The summed E-state index contributed by atoms with van der Waals surface area (Å²) >= 11 is 5.41. The first-order chi connectivity index (χ1) is 6.25. The summed E-state index contributed by atoms with van der Waals surface area (Å²) in [5.41, 5.74) is 0.466. The smallest absolute Gasteiger partial charge is 0.358 e. The van der Waals surface area contributed by atoms with E-state index in [1.165, 1.54) is 6.20 Å². The SMILES string of the molecule is O=[N+]([O-])c1ncccc1C=CCCl. The summed E-state index contributed by atoms with van der Waals surface area (Å²) in [5.74, 6) is 0.176. The van der Waals surface area contributed by atoms with Gasteiger partial charge < -0.3 is 10.1 Å². The van der Waals surface area contributed by atoms with E-state index in [0.29, 0.717) is 11.4 Å². The third kappa shape index (κ3) is 2.52. The lowest BCUT2D eigenvalue weighted by Crippen LogP contribution is -1.94. The maximum atomic E-state index is 10.5. The fourth-order valence-electron chi connectivity index (χ4n) is 0.864. The molecule has 0 aliphatic rings. The fourth-order valence-corrected chi connectivity index (χ4v) is 0.953. The van der Waals surface area contributed by atoms with Crippen LogP contribution in [0.25, 0.3) is 6.08 Å². The molecule has 1 aromatic heterocycles. The van der Waals surface area contributed by atoms with Gasteiger partial charge >= 0.3 is 5.82 Å². The minimum Gasteiger partial charge on any atom is -0.358 e. The summed E-state index contributed by atoms with van der Waals surface area (Å²) in [4.78, 5) is 13.6. The monoisotopic (exact) mass is 198 g/mol. The summed E-state index contributed by atoms with van der Waals surface area (Å²) < 4.78 is 0. The van der Waals surface area contributed by atoms with Crippen LogP contribution in [-0.2, 0) is 0 Å². The van der Waals surface area contributed by atoms with Crippen molar-refractivity contribution in [2.45, 2.75) is 0 Å². The van der Waals surface area contributed by atoms with Gasteiger partial charge in [0.15, 0.2) is 0 Å². The van der Waals surface area contributed by atoms with Crippen molar-refractivity contribution in [3.63, 3.8) is 0 Å². The zero-order chi connectivity index (χ0) is 9.68. The van der Waals surface area contributed by atoms with Gasteiger partial charge in [-0.25, -0.2) is 0 Å². The fraction of sp³-hybridized carbons (Fsp3) is 0.125. The number of aromatic nitrogens is 1. The number of pyridine rings is 1. The number of rotatable bonds is 3. The Labute approximate surface area is 80.0 Å². The van der Waals surface area contributed by atoms with Crippen LogP contribution in [0.1, 0.15) is 5.56 Å². The van der Waals surface area contributed by atoms with Crippen molar-refractivity contribution in [3.05, 3.63) is 40.1 Å². The maximum absolute atomic E-state index is 10.5.